The van der Waals surface area contributed by atoms with Gasteiger partial charge < -0.3 is 25.1 Å². The minimum atomic E-state index is -4.98. The van der Waals surface area contributed by atoms with E-state index in [1.165, 1.54) is 50.8 Å². The number of ether oxygens (including phenoxy) is 2. The molecule has 1 aliphatic heterocycles. The zero-order chi connectivity index (χ0) is 30.3. The van der Waals surface area contributed by atoms with Crippen LogP contribution in [0.1, 0.15) is 36.9 Å². The Morgan fingerprint density at radius 2 is 1.80 bits per heavy atom. The Morgan fingerprint density at radius 3 is 2.37 bits per heavy atom. The zero-order valence-corrected chi connectivity index (χ0v) is 22.2. The first-order valence-corrected chi connectivity index (χ1v) is 12.4. The third kappa shape index (κ3) is 7.98. The molecule has 1 aromatic heterocycles. The summed E-state index contributed by atoms with van der Waals surface area (Å²) in [6.07, 6.45) is -8.91. The van der Waals surface area contributed by atoms with Crippen LogP contribution in [0.5, 0.6) is 11.5 Å². The number of rotatable bonds is 11. The molecule has 2 amide bonds. The number of carbonyl (C=O) groups excluding carboxylic acids is 2. The van der Waals surface area contributed by atoms with Crippen LogP contribution in [0.15, 0.2) is 53.2 Å². The summed E-state index contributed by atoms with van der Waals surface area (Å²) in [5.74, 6) is -1.13. The second-order valence-electron chi connectivity index (χ2n) is 9.09. The second kappa shape index (κ2) is 13.0. The van der Waals surface area contributed by atoms with Gasteiger partial charge in [-0.1, -0.05) is 12.1 Å². The number of methoxy groups -OCH3 is 1. The lowest BCUT2D eigenvalue weighted by Gasteiger charge is -2.41. The van der Waals surface area contributed by atoms with Crippen molar-refractivity contribution in [1.29, 1.82) is 0 Å². The highest BCUT2D eigenvalue weighted by atomic mass is 19.4. The summed E-state index contributed by atoms with van der Waals surface area (Å²) in [5.41, 5.74) is -3.26. The second-order valence-corrected chi connectivity index (χ2v) is 9.09. The van der Waals surface area contributed by atoms with Crippen molar-refractivity contribution in [2.45, 2.75) is 43.6 Å². The van der Waals surface area contributed by atoms with E-state index in [9.17, 15) is 35.9 Å². The predicted octanol–water partition coefficient (Wildman–Crippen LogP) is 4.75. The van der Waals surface area contributed by atoms with Gasteiger partial charge in [-0.2, -0.15) is 26.3 Å². The number of carbonyl (C=O) groups is 2. The highest BCUT2D eigenvalue weighted by Gasteiger charge is 2.59. The smallest absolute Gasteiger partial charge is 0.416 e. The van der Waals surface area contributed by atoms with E-state index in [-0.39, 0.29) is 54.1 Å². The van der Waals surface area contributed by atoms with Gasteiger partial charge in [0.15, 0.2) is 5.54 Å². The van der Waals surface area contributed by atoms with Crippen molar-refractivity contribution in [2.24, 2.45) is 4.99 Å². The normalized spacial score (nSPS) is 17.9. The molecule has 2 heterocycles. The van der Waals surface area contributed by atoms with Gasteiger partial charge in [0.1, 0.15) is 11.5 Å². The summed E-state index contributed by atoms with van der Waals surface area (Å²) in [5, 5.41) is 4.61. The van der Waals surface area contributed by atoms with Crippen molar-refractivity contribution in [2.75, 3.05) is 27.3 Å². The third-order valence-electron chi connectivity index (χ3n) is 6.31. The highest BCUT2D eigenvalue weighted by molar-refractivity contribution is 6.04. The van der Waals surface area contributed by atoms with Gasteiger partial charge in [-0.05, 0) is 41.8 Å². The molecule has 8 nitrogen and oxygen atoms in total. The Hall–Kier alpha value is -4.10. The van der Waals surface area contributed by atoms with E-state index in [1.54, 1.807) is 0 Å². The first-order chi connectivity index (χ1) is 19.3. The first kappa shape index (κ1) is 31.4. The van der Waals surface area contributed by atoms with E-state index < -0.39 is 42.5 Å². The minimum absolute atomic E-state index is 0.0364. The first-order valence-electron chi connectivity index (χ1n) is 12.4. The minimum Gasteiger partial charge on any atom is -0.495 e. The highest BCUT2D eigenvalue weighted by Crippen LogP contribution is 2.48. The SMILES string of the molecule is C/N=C/CC(=O)NCC1=C(c2ccc(OC)cn2)C[C@](c2ccc(OCCCC(F)(F)F)cc2)(C(F)(F)F)NC1=O. The lowest BCUT2D eigenvalue weighted by molar-refractivity contribution is -0.201. The van der Waals surface area contributed by atoms with E-state index in [2.05, 4.69) is 20.6 Å². The summed E-state index contributed by atoms with van der Waals surface area (Å²) in [6.45, 7) is -0.640. The molecule has 0 saturated carbocycles. The van der Waals surface area contributed by atoms with Crippen LogP contribution in [0.25, 0.3) is 5.57 Å². The molecule has 3 rings (SSSR count). The lowest BCUT2D eigenvalue weighted by Crippen LogP contribution is -2.59. The molecule has 0 spiro atoms. The van der Waals surface area contributed by atoms with Gasteiger partial charge in [0.25, 0.3) is 0 Å². The maximum absolute atomic E-state index is 14.8. The van der Waals surface area contributed by atoms with Crippen LogP contribution in [-0.2, 0) is 15.1 Å². The quantitative estimate of drug-likeness (QED) is 0.225. The van der Waals surface area contributed by atoms with Crippen LogP contribution < -0.4 is 20.1 Å². The molecule has 0 aliphatic carbocycles. The van der Waals surface area contributed by atoms with Gasteiger partial charge in [0.05, 0.1) is 32.0 Å². The van der Waals surface area contributed by atoms with E-state index in [0.29, 0.717) is 5.75 Å². The molecule has 1 aromatic carbocycles. The molecule has 2 aromatic rings. The molecule has 1 aliphatic rings. The Kier molecular flexibility index (Phi) is 10.00. The van der Waals surface area contributed by atoms with Gasteiger partial charge in [-0.25, -0.2) is 0 Å². The fourth-order valence-corrected chi connectivity index (χ4v) is 4.17. The molecule has 0 bridgehead atoms. The average molecular weight is 587 g/mol. The van der Waals surface area contributed by atoms with Crippen molar-refractivity contribution in [3.05, 3.63) is 59.4 Å². The van der Waals surface area contributed by atoms with Gasteiger partial charge in [0, 0.05) is 38.2 Å². The third-order valence-corrected chi connectivity index (χ3v) is 6.31. The number of nitrogens with zero attached hydrogens (tertiary/aromatic N) is 2. The van der Waals surface area contributed by atoms with Crippen molar-refractivity contribution in [3.63, 3.8) is 0 Å². The van der Waals surface area contributed by atoms with Gasteiger partial charge >= 0.3 is 12.4 Å². The number of aromatic nitrogens is 1. The number of pyridine rings is 1. The van der Waals surface area contributed by atoms with Crippen molar-refractivity contribution < 1.29 is 45.4 Å². The molecule has 41 heavy (non-hydrogen) atoms. The monoisotopic (exact) mass is 586 g/mol. The summed E-state index contributed by atoms with van der Waals surface area (Å²) < 4.78 is 91.8. The van der Waals surface area contributed by atoms with Crippen molar-refractivity contribution >= 4 is 23.6 Å². The molecule has 2 N–H and O–H groups in total. The topological polar surface area (TPSA) is 102 Å². The number of nitrogens with one attached hydrogen (secondary N) is 2. The average Bonchev–Trinajstić information content (AvgIpc) is 2.92. The number of halogens is 6. The fraction of sp³-hybridized carbons (Fsp3) is 0.407. The van der Waals surface area contributed by atoms with Gasteiger partial charge in [0.2, 0.25) is 11.8 Å². The van der Waals surface area contributed by atoms with E-state index in [0.717, 1.165) is 12.1 Å². The Bertz CT molecular complexity index is 1270. The summed E-state index contributed by atoms with van der Waals surface area (Å²) >= 11 is 0. The van der Waals surface area contributed by atoms with E-state index in [4.69, 9.17) is 9.47 Å². The van der Waals surface area contributed by atoms with Crippen LogP contribution >= 0.6 is 0 Å². The maximum Gasteiger partial charge on any atom is 0.416 e. The molecule has 0 saturated heterocycles. The molecule has 222 valence electrons. The zero-order valence-electron chi connectivity index (χ0n) is 22.2. The van der Waals surface area contributed by atoms with Crippen molar-refractivity contribution in [3.8, 4) is 11.5 Å². The van der Waals surface area contributed by atoms with E-state index in [1.807, 2.05) is 0 Å². The number of hydrogen-bond acceptors (Lipinski definition) is 6. The summed E-state index contributed by atoms with van der Waals surface area (Å²) in [7, 11) is 2.87. The Balaban J connectivity index is 1.97. The van der Waals surface area contributed by atoms with Crippen LogP contribution in [0.4, 0.5) is 26.3 Å². The molecule has 1 atom stereocenters. The molecule has 0 radical (unpaired) electrons. The largest absolute Gasteiger partial charge is 0.495 e. The summed E-state index contributed by atoms with van der Waals surface area (Å²) in [4.78, 5) is 33.3. The van der Waals surface area contributed by atoms with Crippen LogP contribution in [0.3, 0.4) is 0 Å². The standard InChI is InChI=1S/C27H28F6N4O4/c1-34-12-10-23(38)36-16-21-20(22-9-8-19(40-2)15-35-22)14-25(27(31,32)33,37-24(21)39)17-4-6-18(7-5-17)41-13-3-11-26(28,29)30/h4-9,12,15H,3,10-11,13-14,16H2,1-2H3,(H,36,38)(H,37,39)/b34-12+/t25-/m0/s1. The molecule has 0 fully saturated rings. The maximum atomic E-state index is 14.8. The molecular weight excluding hydrogens is 558 g/mol. The molecule has 14 heteroatoms. The molecule has 0 unspecified atom stereocenters. The number of alkyl halides is 6. The van der Waals surface area contributed by atoms with Crippen LogP contribution in [0.2, 0.25) is 0 Å². The Morgan fingerprint density at radius 1 is 1.12 bits per heavy atom. The Labute approximate surface area is 231 Å². The van der Waals surface area contributed by atoms with Gasteiger partial charge in [-0.15, -0.1) is 0 Å². The number of benzene rings is 1. The predicted molar refractivity (Wildman–Crippen MR) is 137 cm³/mol. The van der Waals surface area contributed by atoms with Crippen LogP contribution in [-0.4, -0.2) is 62.7 Å². The fourth-order valence-electron chi connectivity index (χ4n) is 4.17. The van der Waals surface area contributed by atoms with E-state index >= 15 is 0 Å². The lowest BCUT2D eigenvalue weighted by atomic mass is 9.77. The van der Waals surface area contributed by atoms with Gasteiger partial charge in [-0.3, -0.25) is 14.6 Å². The number of aliphatic imine (C=N–C) groups is 1. The van der Waals surface area contributed by atoms with Crippen LogP contribution in [0, 0.1) is 0 Å². The van der Waals surface area contributed by atoms with Crippen molar-refractivity contribution in [1.82, 2.24) is 15.6 Å². The number of hydrogen-bond donors (Lipinski definition) is 2. The number of amides is 2. The summed E-state index contributed by atoms with van der Waals surface area (Å²) in [6, 6.07) is 7.49. The molecular formula is C27H28F6N4O4.